The summed E-state index contributed by atoms with van der Waals surface area (Å²) >= 11 is 3.36. The maximum Gasteiger partial charge on any atom is 0.338 e. The summed E-state index contributed by atoms with van der Waals surface area (Å²) in [6, 6.07) is 18.0. The van der Waals surface area contributed by atoms with Gasteiger partial charge in [-0.05, 0) is 48.9 Å². The number of hydrogen-bond acceptors (Lipinski definition) is 5. The van der Waals surface area contributed by atoms with Gasteiger partial charge in [0.05, 0.1) is 24.8 Å². The summed E-state index contributed by atoms with van der Waals surface area (Å²) in [5.41, 5.74) is 4.68. The van der Waals surface area contributed by atoms with E-state index in [2.05, 4.69) is 26.5 Å². The molecule has 0 bridgehead atoms. The SMILES string of the molecule is CCOC(=O)c1ccc(-c2ccc(C=NNC(=O)Cc3ccc(Br)cc3)o2)cc1. The van der Waals surface area contributed by atoms with E-state index in [-0.39, 0.29) is 18.3 Å². The number of amides is 1. The van der Waals surface area contributed by atoms with Gasteiger partial charge in [-0.1, -0.05) is 40.2 Å². The lowest BCUT2D eigenvalue weighted by Crippen LogP contribution is -2.19. The van der Waals surface area contributed by atoms with E-state index in [4.69, 9.17) is 9.15 Å². The molecule has 0 saturated heterocycles. The number of ether oxygens (including phenoxy) is 1. The van der Waals surface area contributed by atoms with Gasteiger partial charge in [-0.2, -0.15) is 5.10 Å². The third-order valence-corrected chi connectivity index (χ3v) is 4.49. The molecule has 0 aliphatic heterocycles. The number of furan rings is 1. The summed E-state index contributed by atoms with van der Waals surface area (Å²) < 4.78 is 11.6. The Morgan fingerprint density at radius 1 is 1.07 bits per heavy atom. The fourth-order valence-electron chi connectivity index (χ4n) is 2.56. The second kappa shape index (κ2) is 9.84. The van der Waals surface area contributed by atoms with Crippen LogP contribution in [0.25, 0.3) is 11.3 Å². The molecular formula is C22H19BrN2O4. The minimum atomic E-state index is -0.356. The van der Waals surface area contributed by atoms with Gasteiger partial charge in [-0.25, -0.2) is 10.2 Å². The zero-order chi connectivity index (χ0) is 20.6. The molecule has 1 N–H and O–H groups in total. The van der Waals surface area contributed by atoms with Crippen molar-refractivity contribution in [1.29, 1.82) is 0 Å². The van der Waals surface area contributed by atoms with Gasteiger partial charge >= 0.3 is 5.97 Å². The Kier molecular flexibility index (Phi) is 6.97. The maximum atomic E-state index is 11.9. The van der Waals surface area contributed by atoms with Crippen LogP contribution in [-0.4, -0.2) is 24.7 Å². The van der Waals surface area contributed by atoms with E-state index in [1.54, 1.807) is 43.3 Å². The fourth-order valence-corrected chi connectivity index (χ4v) is 2.82. The molecule has 148 valence electrons. The summed E-state index contributed by atoms with van der Waals surface area (Å²) in [4.78, 5) is 23.6. The standard InChI is InChI=1S/C22H19BrN2O4/c1-2-28-22(27)17-7-5-16(6-8-17)20-12-11-19(29-20)14-24-25-21(26)13-15-3-9-18(23)10-4-15/h3-12,14H,2,13H2,1H3,(H,25,26). The minimum absolute atomic E-state index is 0.218. The predicted molar refractivity (Wildman–Crippen MR) is 114 cm³/mol. The Balaban J connectivity index is 1.56. The van der Waals surface area contributed by atoms with E-state index in [9.17, 15) is 9.59 Å². The highest BCUT2D eigenvalue weighted by Crippen LogP contribution is 2.22. The third-order valence-electron chi connectivity index (χ3n) is 3.97. The molecule has 7 heteroatoms. The molecule has 29 heavy (non-hydrogen) atoms. The van der Waals surface area contributed by atoms with Crippen LogP contribution in [0, 0.1) is 0 Å². The lowest BCUT2D eigenvalue weighted by atomic mass is 10.1. The molecule has 0 aliphatic rings. The third kappa shape index (κ3) is 5.89. The highest BCUT2D eigenvalue weighted by atomic mass is 79.9. The first-order valence-corrected chi connectivity index (χ1v) is 9.78. The van der Waals surface area contributed by atoms with E-state index in [0.717, 1.165) is 15.6 Å². The highest BCUT2D eigenvalue weighted by Gasteiger charge is 2.08. The van der Waals surface area contributed by atoms with Crippen molar-refractivity contribution in [2.45, 2.75) is 13.3 Å². The van der Waals surface area contributed by atoms with Gasteiger partial charge in [-0.15, -0.1) is 0 Å². The van der Waals surface area contributed by atoms with Gasteiger partial charge in [-0.3, -0.25) is 4.79 Å². The van der Waals surface area contributed by atoms with E-state index in [0.29, 0.717) is 23.7 Å². The summed E-state index contributed by atoms with van der Waals surface area (Å²) in [5.74, 6) is 0.552. The van der Waals surface area contributed by atoms with Gasteiger partial charge in [0.1, 0.15) is 11.5 Å². The molecule has 6 nitrogen and oxygen atoms in total. The van der Waals surface area contributed by atoms with Crippen molar-refractivity contribution in [3.8, 4) is 11.3 Å². The first-order valence-electron chi connectivity index (χ1n) is 8.99. The Bertz CT molecular complexity index is 1010. The summed E-state index contributed by atoms with van der Waals surface area (Å²) in [6.07, 6.45) is 1.68. The molecule has 0 spiro atoms. The van der Waals surface area contributed by atoms with Crippen molar-refractivity contribution in [3.63, 3.8) is 0 Å². The van der Waals surface area contributed by atoms with Crippen LogP contribution in [0.4, 0.5) is 0 Å². The Morgan fingerprint density at radius 2 is 1.79 bits per heavy atom. The van der Waals surface area contributed by atoms with Crippen LogP contribution in [0.5, 0.6) is 0 Å². The van der Waals surface area contributed by atoms with Crippen LogP contribution in [-0.2, 0) is 16.0 Å². The Hall–Kier alpha value is -3.19. The summed E-state index contributed by atoms with van der Waals surface area (Å²) in [6.45, 7) is 2.10. The molecule has 0 atom stereocenters. The van der Waals surface area contributed by atoms with Gasteiger partial charge < -0.3 is 9.15 Å². The van der Waals surface area contributed by atoms with Crippen molar-refractivity contribution in [2.24, 2.45) is 5.10 Å². The van der Waals surface area contributed by atoms with Crippen LogP contribution in [0.15, 0.2) is 74.7 Å². The minimum Gasteiger partial charge on any atom is -0.462 e. The normalized spacial score (nSPS) is 10.8. The van der Waals surface area contributed by atoms with Gasteiger partial charge in [0.2, 0.25) is 5.91 Å². The first-order chi connectivity index (χ1) is 14.0. The van der Waals surface area contributed by atoms with Crippen LogP contribution < -0.4 is 5.43 Å². The smallest absolute Gasteiger partial charge is 0.338 e. The van der Waals surface area contributed by atoms with E-state index in [1.165, 1.54) is 6.21 Å². The average molecular weight is 455 g/mol. The molecule has 3 rings (SSSR count). The van der Waals surface area contributed by atoms with Gasteiger partial charge in [0, 0.05) is 10.0 Å². The number of nitrogens with zero attached hydrogens (tertiary/aromatic N) is 1. The summed E-state index contributed by atoms with van der Waals surface area (Å²) in [7, 11) is 0. The van der Waals surface area contributed by atoms with Crippen molar-refractivity contribution in [3.05, 3.63) is 82.0 Å². The van der Waals surface area contributed by atoms with Gasteiger partial charge in [0.15, 0.2) is 0 Å². The number of esters is 1. The topological polar surface area (TPSA) is 80.9 Å². The zero-order valence-corrected chi connectivity index (χ0v) is 17.3. The first kappa shape index (κ1) is 20.5. The van der Waals surface area contributed by atoms with Crippen LogP contribution in [0.2, 0.25) is 0 Å². The fraction of sp³-hybridized carbons (Fsp3) is 0.136. The number of rotatable bonds is 7. The monoisotopic (exact) mass is 454 g/mol. The Morgan fingerprint density at radius 3 is 2.48 bits per heavy atom. The molecule has 0 unspecified atom stereocenters. The zero-order valence-electron chi connectivity index (χ0n) is 15.7. The Labute approximate surface area is 176 Å². The van der Waals surface area contributed by atoms with Crippen LogP contribution in [0.3, 0.4) is 0 Å². The van der Waals surface area contributed by atoms with Crippen molar-refractivity contribution >= 4 is 34.0 Å². The molecule has 2 aromatic carbocycles. The second-order valence-corrected chi connectivity index (χ2v) is 7.01. The van der Waals surface area contributed by atoms with Gasteiger partial charge in [0.25, 0.3) is 0 Å². The highest BCUT2D eigenvalue weighted by molar-refractivity contribution is 9.10. The molecule has 1 aromatic heterocycles. The van der Waals surface area contributed by atoms with E-state index < -0.39 is 0 Å². The number of hydrogen-bond donors (Lipinski definition) is 1. The number of halogens is 1. The van der Waals surface area contributed by atoms with Crippen LogP contribution in [0.1, 0.15) is 28.6 Å². The molecule has 0 radical (unpaired) electrons. The lowest BCUT2D eigenvalue weighted by molar-refractivity contribution is -0.120. The average Bonchev–Trinajstić information content (AvgIpc) is 3.19. The second-order valence-electron chi connectivity index (χ2n) is 6.10. The van der Waals surface area contributed by atoms with Crippen molar-refractivity contribution in [2.75, 3.05) is 6.61 Å². The molecule has 0 saturated carbocycles. The maximum absolute atomic E-state index is 11.9. The van der Waals surface area contributed by atoms with Crippen LogP contribution >= 0.6 is 15.9 Å². The van der Waals surface area contributed by atoms with E-state index in [1.807, 2.05) is 24.3 Å². The number of carbonyl (C=O) groups excluding carboxylic acids is 2. The quantitative estimate of drug-likeness (QED) is 0.321. The number of carbonyl (C=O) groups is 2. The number of benzene rings is 2. The van der Waals surface area contributed by atoms with Crippen molar-refractivity contribution < 1.29 is 18.7 Å². The summed E-state index contributed by atoms with van der Waals surface area (Å²) in [5, 5.41) is 3.93. The lowest BCUT2D eigenvalue weighted by Gasteiger charge is -2.02. The molecular weight excluding hydrogens is 436 g/mol. The molecule has 1 amide bonds. The largest absolute Gasteiger partial charge is 0.462 e. The predicted octanol–water partition coefficient (Wildman–Crippen LogP) is 4.58. The van der Waals surface area contributed by atoms with Crippen molar-refractivity contribution in [1.82, 2.24) is 5.43 Å². The number of nitrogens with one attached hydrogen (secondary N) is 1. The molecule has 1 heterocycles. The molecule has 0 fully saturated rings. The van der Waals surface area contributed by atoms with E-state index >= 15 is 0 Å². The molecule has 0 aliphatic carbocycles. The molecule has 3 aromatic rings. The number of hydrazone groups is 1.